The van der Waals surface area contributed by atoms with E-state index in [0.29, 0.717) is 0 Å². The summed E-state index contributed by atoms with van der Waals surface area (Å²) in [5.74, 6) is 0. The summed E-state index contributed by atoms with van der Waals surface area (Å²) in [4.78, 5) is 1.17. The van der Waals surface area contributed by atoms with Gasteiger partial charge in [0, 0.05) is 12.6 Å². The summed E-state index contributed by atoms with van der Waals surface area (Å²) in [6.45, 7) is 0.166. The first-order chi connectivity index (χ1) is 8.85. The maximum absolute atomic E-state index is 12.6. The van der Waals surface area contributed by atoms with Crippen molar-refractivity contribution in [3.63, 3.8) is 0 Å². The van der Waals surface area contributed by atoms with E-state index in [9.17, 15) is 13.2 Å². The molecular weight excluding hydrogens is 257 g/mol. The summed E-state index contributed by atoms with van der Waals surface area (Å²) >= 11 is 0. The molecule has 2 unspecified atom stereocenters. The summed E-state index contributed by atoms with van der Waals surface area (Å²) in [5.41, 5.74) is 6.55. The number of benzene rings is 1. The molecule has 0 aliphatic rings. The molecule has 0 aliphatic carbocycles. The Hall–Kier alpha value is -1.11. The van der Waals surface area contributed by atoms with E-state index in [4.69, 9.17) is 10.8 Å². The maximum Gasteiger partial charge on any atom is 0.401 e. The van der Waals surface area contributed by atoms with Gasteiger partial charge in [0.2, 0.25) is 0 Å². The molecule has 2 atom stereocenters. The predicted octanol–water partition coefficient (Wildman–Crippen LogP) is 1.93. The number of aliphatic hydroxyl groups is 1. The molecule has 19 heavy (non-hydrogen) atoms. The van der Waals surface area contributed by atoms with E-state index in [0.717, 1.165) is 5.56 Å². The molecule has 0 saturated heterocycles. The molecule has 108 valence electrons. The molecule has 0 saturated carbocycles. The molecule has 0 heterocycles. The van der Waals surface area contributed by atoms with Crippen LogP contribution in [0.3, 0.4) is 0 Å². The summed E-state index contributed by atoms with van der Waals surface area (Å²) < 4.78 is 37.8. The molecular formula is C13H19F3N2O. The van der Waals surface area contributed by atoms with Crippen LogP contribution in [-0.2, 0) is 0 Å². The van der Waals surface area contributed by atoms with Gasteiger partial charge in [0.05, 0.1) is 19.2 Å². The molecule has 6 heteroatoms. The van der Waals surface area contributed by atoms with E-state index in [1.165, 1.54) is 4.90 Å². The molecule has 0 amide bonds. The Morgan fingerprint density at radius 3 is 2.26 bits per heavy atom. The minimum atomic E-state index is -4.32. The van der Waals surface area contributed by atoms with Gasteiger partial charge in [0.15, 0.2) is 0 Å². The van der Waals surface area contributed by atoms with E-state index in [2.05, 4.69) is 0 Å². The predicted molar refractivity (Wildman–Crippen MR) is 67.5 cm³/mol. The molecule has 0 aliphatic heterocycles. The fourth-order valence-corrected chi connectivity index (χ4v) is 2.17. The minimum absolute atomic E-state index is 0.0688. The van der Waals surface area contributed by atoms with Crippen LogP contribution in [0.5, 0.6) is 0 Å². The van der Waals surface area contributed by atoms with Crippen molar-refractivity contribution in [1.29, 1.82) is 0 Å². The average molecular weight is 276 g/mol. The van der Waals surface area contributed by atoms with Crippen molar-refractivity contribution in [3.05, 3.63) is 35.9 Å². The van der Waals surface area contributed by atoms with Gasteiger partial charge in [-0.25, -0.2) is 0 Å². The minimum Gasteiger partial charge on any atom is -0.395 e. The van der Waals surface area contributed by atoms with Crippen molar-refractivity contribution in [2.75, 3.05) is 19.7 Å². The molecule has 1 rings (SSSR count). The highest BCUT2D eigenvalue weighted by atomic mass is 19.4. The van der Waals surface area contributed by atoms with Gasteiger partial charge in [0.25, 0.3) is 0 Å². The van der Waals surface area contributed by atoms with Gasteiger partial charge in [-0.2, -0.15) is 13.2 Å². The highest BCUT2D eigenvalue weighted by Gasteiger charge is 2.35. The van der Waals surface area contributed by atoms with Crippen molar-refractivity contribution >= 4 is 0 Å². The van der Waals surface area contributed by atoms with Crippen molar-refractivity contribution < 1.29 is 18.3 Å². The number of hydrogen-bond donors (Lipinski definition) is 2. The lowest BCUT2D eigenvalue weighted by Gasteiger charge is -2.34. The molecule has 1 aromatic rings. The van der Waals surface area contributed by atoms with Crippen LogP contribution in [0, 0.1) is 0 Å². The smallest absolute Gasteiger partial charge is 0.395 e. The van der Waals surface area contributed by atoms with E-state index in [-0.39, 0.29) is 13.2 Å². The van der Waals surface area contributed by atoms with E-state index in [1.54, 1.807) is 37.3 Å². The lowest BCUT2D eigenvalue weighted by Crippen LogP contribution is -2.45. The molecule has 3 N–H and O–H groups in total. The van der Waals surface area contributed by atoms with Crippen LogP contribution in [-0.4, -0.2) is 41.9 Å². The summed E-state index contributed by atoms with van der Waals surface area (Å²) in [6, 6.07) is 7.75. The van der Waals surface area contributed by atoms with Crippen LogP contribution in [0.25, 0.3) is 0 Å². The third-order valence-corrected chi connectivity index (χ3v) is 2.80. The van der Waals surface area contributed by atoms with Gasteiger partial charge in [-0.05, 0) is 12.5 Å². The Balaban J connectivity index is 2.99. The van der Waals surface area contributed by atoms with E-state index < -0.39 is 24.8 Å². The standard InChI is InChI=1S/C13H19F3N2O/c1-10(17)12(11-5-3-2-4-6-11)18(7-8-19)9-13(14,15)16/h2-6,10,12,19H,7-9,17H2,1H3. The van der Waals surface area contributed by atoms with E-state index in [1.807, 2.05) is 0 Å². The third kappa shape index (κ3) is 5.18. The van der Waals surface area contributed by atoms with Gasteiger partial charge in [-0.15, -0.1) is 0 Å². The second-order valence-corrected chi connectivity index (χ2v) is 4.52. The molecule has 1 aromatic carbocycles. The lowest BCUT2D eigenvalue weighted by molar-refractivity contribution is -0.153. The largest absolute Gasteiger partial charge is 0.401 e. The number of aliphatic hydroxyl groups excluding tert-OH is 1. The SMILES string of the molecule is CC(N)C(c1ccccc1)N(CCO)CC(F)(F)F. The van der Waals surface area contributed by atoms with Gasteiger partial charge in [0.1, 0.15) is 0 Å². The average Bonchev–Trinajstić information content (AvgIpc) is 2.28. The fraction of sp³-hybridized carbons (Fsp3) is 0.538. The first-order valence-electron chi connectivity index (χ1n) is 6.07. The van der Waals surface area contributed by atoms with Gasteiger partial charge in [-0.3, -0.25) is 4.90 Å². The highest BCUT2D eigenvalue weighted by molar-refractivity contribution is 5.20. The summed E-state index contributed by atoms with van der Waals surface area (Å²) in [5, 5.41) is 8.96. The molecule has 0 aromatic heterocycles. The van der Waals surface area contributed by atoms with Gasteiger partial charge in [-0.1, -0.05) is 30.3 Å². The number of alkyl halides is 3. The van der Waals surface area contributed by atoms with Crippen molar-refractivity contribution in [2.45, 2.75) is 25.2 Å². The van der Waals surface area contributed by atoms with Crippen molar-refractivity contribution in [3.8, 4) is 0 Å². The molecule has 0 fully saturated rings. The van der Waals surface area contributed by atoms with Gasteiger partial charge < -0.3 is 10.8 Å². The number of halogens is 3. The molecule has 3 nitrogen and oxygen atoms in total. The third-order valence-electron chi connectivity index (χ3n) is 2.80. The topological polar surface area (TPSA) is 49.5 Å². The fourth-order valence-electron chi connectivity index (χ4n) is 2.17. The first kappa shape index (κ1) is 15.9. The molecule has 0 spiro atoms. The quantitative estimate of drug-likeness (QED) is 0.834. The zero-order chi connectivity index (χ0) is 14.5. The summed E-state index contributed by atoms with van der Waals surface area (Å²) in [6.07, 6.45) is -4.32. The molecule has 0 bridgehead atoms. The Kier molecular flexibility index (Phi) is 5.78. The second-order valence-electron chi connectivity index (χ2n) is 4.52. The van der Waals surface area contributed by atoms with Crippen LogP contribution >= 0.6 is 0 Å². The van der Waals surface area contributed by atoms with Crippen molar-refractivity contribution in [2.24, 2.45) is 5.73 Å². The zero-order valence-electron chi connectivity index (χ0n) is 10.8. The number of nitrogens with zero attached hydrogens (tertiary/aromatic N) is 1. The van der Waals surface area contributed by atoms with Crippen LogP contribution in [0.4, 0.5) is 13.2 Å². The van der Waals surface area contributed by atoms with Gasteiger partial charge >= 0.3 is 6.18 Å². The monoisotopic (exact) mass is 276 g/mol. The maximum atomic E-state index is 12.6. The normalized spacial score (nSPS) is 15.5. The van der Waals surface area contributed by atoms with E-state index >= 15 is 0 Å². The van der Waals surface area contributed by atoms with Crippen LogP contribution in [0.1, 0.15) is 18.5 Å². The van der Waals surface area contributed by atoms with Crippen LogP contribution in [0.15, 0.2) is 30.3 Å². The molecule has 0 radical (unpaired) electrons. The second kappa shape index (κ2) is 6.88. The highest BCUT2D eigenvalue weighted by Crippen LogP contribution is 2.27. The number of rotatable bonds is 6. The Morgan fingerprint density at radius 1 is 1.26 bits per heavy atom. The summed E-state index contributed by atoms with van der Waals surface area (Å²) in [7, 11) is 0. The Bertz CT molecular complexity index is 368. The zero-order valence-corrected chi connectivity index (χ0v) is 10.8. The number of hydrogen-bond acceptors (Lipinski definition) is 3. The lowest BCUT2D eigenvalue weighted by atomic mass is 9.99. The van der Waals surface area contributed by atoms with Crippen LogP contribution in [0.2, 0.25) is 0 Å². The van der Waals surface area contributed by atoms with Crippen molar-refractivity contribution in [1.82, 2.24) is 4.90 Å². The Morgan fingerprint density at radius 2 is 1.84 bits per heavy atom. The number of nitrogens with two attached hydrogens (primary N) is 1. The Labute approximate surface area is 110 Å². The first-order valence-corrected chi connectivity index (χ1v) is 6.07. The van der Waals surface area contributed by atoms with Crippen LogP contribution < -0.4 is 5.73 Å².